The first kappa shape index (κ1) is 28.0. The van der Waals surface area contributed by atoms with Gasteiger partial charge in [-0.1, -0.05) is 44.4 Å². The minimum atomic E-state index is -1.22. The van der Waals surface area contributed by atoms with Gasteiger partial charge in [0.05, 0.1) is 6.61 Å². The van der Waals surface area contributed by atoms with Crippen LogP contribution < -0.4 is 10.6 Å². The third-order valence-corrected chi connectivity index (χ3v) is 7.14. The van der Waals surface area contributed by atoms with Gasteiger partial charge in [0.25, 0.3) is 0 Å². The fourth-order valence-corrected chi connectivity index (χ4v) is 5.17. The molecule has 0 saturated heterocycles. The summed E-state index contributed by atoms with van der Waals surface area (Å²) in [6.45, 7) is 10.5. The van der Waals surface area contributed by atoms with E-state index in [1.165, 1.54) is 6.42 Å². The van der Waals surface area contributed by atoms with E-state index in [0.29, 0.717) is 0 Å². The molecule has 1 aromatic carbocycles. The van der Waals surface area contributed by atoms with Crippen molar-refractivity contribution in [2.45, 2.75) is 110 Å². The number of ether oxygens (including phenoxy) is 1. The highest BCUT2D eigenvalue weighted by Crippen LogP contribution is 2.42. The maximum absolute atomic E-state index is 14.0. The molecule has 1 aromatic rings. The number of benzene rings is 1. The number of hydrogen-bond acceptors (Lipinski definition) is 5. The molecular weight excluding hydrogens is 458 g/mol. The van der Waals surface area contributed by atoms with E-state index in [9.17, 15) is 19.5 Å². The lowest BCUT2D eigenvalue weighted by atomic mass is 9.91. The van der Waals surface area contributed by atoms with Gasteiger partial charge in [0, 0.05) is 12.1 Å². The SMILES string of the molecule is Cc1cccc(C)c1C(C(=O)NC1CCCCC1)N(C(=O)C(CO)NC(=O)OC(C)(C)C)C1CC1C. The standard InChI is InChI=1S/C28H43N3O5/c1-17-11-10-12-18(2)23(17)24(25(33)29-20-13-8-7-9-14-20)31(22-15-19(22)3)26(34)21(16-32)30-27(35)36-28(4,5)6/h10-12,19-22,24,32H,7-9,13-16H2,1-6H3,(H,29,33)(H,30,35). The molecule has 3 amide bonds. The van der Waals surface area contributed by atoms with Crippen LogP contribution in [-0.2, 0) is 14.3 Å². The number of carbonyl (C=O) groups excluding carboxylic acids is 3. The number of aliphatic hydroxyl groups is 1. The Bertz CT molecular complexity index is 931. The number of nitrogens with zero attached hydrogens (tertiary/aromatic N) is 1. The number of amides is 3. The topological polar surface area (TPSA) is 108 Å². The molecule has 0 radical (unpaired) electrons. The van der Waals surface area contributed by atoms with Gasteiger partial charge >= 0.3 is 6.09 Å². The summed E-state index contributed by atoms with van der Waals surface area (Å²) in [7, 11) is 0. The second-order valence-corrected chi connectivity index (χ2v) is 11.5. The van der Waals surface area contributed by atoms with Gasteiger partial charge in [-0.3, -0.25) is 9.59 Å². The highest BCUT2D eigenvalue weighted by Gasteiger charge is 2.49. The number of nitrogens with one attached hydrogen (secondary N) is 2. The molecule has 200 valence electrons. The predicted octanol–water partition coefficient (Wildman–Crippen LogP) is 3.92. The smallest absolute Gasteiger partial charge is 0.408 e. The number of aliphatic hydroxyl groups excluding tert-OH is 1. The zero-order chi connectivity index (χ0) is 26.6. The molecule has 2 aliphatic rings. The number of rotatable bonds is 8. The molecule has 8 heteroatoms. The molecular formula is C28H43N3O5. The Morgan fingerprint density at radius 1 is 1.11 bits per heavy atom. The highest BCUT2D eigenvalue weighted by molar-refractivity contribution is 5.93. The van der Waals surface area contributed by atoms with Crippen LogP contribution in [0, 0.1) is 19.8 Å². The molecule has 4 unspecified atom stereocenters. The molecule has 0 spiro atoms. The van der Waals surface area contributed by atoms with Gasteiger partial charge < -0.3 is 25.4 Å². The third kappa shape index (κ3) is 6.99. The fourth-order valence-electron chi connectivity index (χ4n) is 5.17. The summed E-state index contributed by atoms with van der Waals surface area (Å²) in [5, 5.41) is 15.9. The van der Waals surface area contributed by atoms with Crippen molar-refractivity contribution in [2.75, 3.05) is 6.61 Å². The average Bonchev–Trinajstić information content (AvgIpc) is 3.51. The van der Waals surface area contributed by atoms with Crippen LogP contribution in [0.2, 0.25) is 0 Å². The van der Waals surface area contributed by atoms with Gasteiger partial charge in [-0.25, -0.2) is 4.79 Å². The lowest BCUT2D eigenvalue weighted by Gasteiger charge is -2.37. The summed E-state index contributed by atoms with van der Waals surface area (Å²) in [5.41, 5.74) is 1.89. The van der Waals surface area contributed by atoms with Gasteiger partial charge in [0.1, 0.15) is 17.7 Å². The van der Waals surface area contributed by atoms with Crippen molar-refractivity contribution < 1.29 is 24.2 Å². The molecule has 2 aliphatic carbocycles. The van der Waals surface area contributed by atoms with E-state index in [1.807, 2.05) is 39.0 Å². The quantitative estimate of drug-likeness (QED) is 0.500. The maximum Gasteiger partial charge on any atom is 0.408 e. The molecule has 3 N–H and O–H groups in total. The molecule has 0 aliphatic heterocycles. The molecule has 2 saturated carbocycles. The number of alkyl carbamates (subject to hydrolysis) is 1. The third-order valence-electron chi connectivity index (χ3n) is 7.14. The Labute approximate surface area is 215 Å². The molecule has 0 heterocycles. The van der Waals surface area contributed by atoms with Gasteiger partial charge in [0.15, 0.2) is 0 Å². The van der Waals surface area contributed by atoms with E-state index >= 15 is 0 Å². The summed E-state index contributed by atoms with van der Waals surface area (Å²) >= 11 is 0. The monoisotopic (exact) mass is 501 g/mol. The molecule has 0 bridgehead atoms. The van der Waals surface area contributed by atoms with Crippen LogP contribution in [0.1, 0.15) is 89.0 Å². The second-order valence-electron chi connectivity index (χ2n) is 11.5. The van der Waals surface area contributed by atoms with E-state index in [-0.39, 0.29) is 23.9 Å². The summed E-state index contributed by atoms with van der Waals surface area (Å²) in [5.74, 6) is -0.478. The molecule has 0 aromatic heterocycles. The van der Waals surface area contributed by atoms with E-state index in [4.69, 9.17) is 4.74 Å². The van der Waals surface area contributed by atoms with Crippen LogP contribution in [-0.4, -0.2) is 58.2 Å². The maximum atomic E-state index is 14.0. The van der Waals surface area contributed by atoms with Crippen LogP contribution in [0.15, 0.2) is 18.2 Å². The number of carbonyl (C=O) groups is 3. The number of hydrogen-bond donors (Lipinski definition) is 3. The number of aryl methyl sites for hydroxylation is 2. The van der Waals surface area contributed by atoms with Crippen molar-refractivity contribution in [3.63, 3.8) is 0 Å². The largest absolute Gasteiger partial charge is 0.444 e. The Morgan fingerprint density at radius 3 is 2.19 bits per heavy atom. The Kier molecular flexibility index (Phi) is 9.03. The van der Waals surface area contributed by atoms with Crippen LogP contribution in [0.25, 0.3) is 0 Å². The second kappa shape index (κ2) is 11.6. The van der Waals surface area contributed by atoms with Crippen LogP contribution >= 0.6 is 0 Å². The van der Waals surface area contributed by atoms with E-state index in [1.54, 1.807) is 25.7 Å². The average molecular weight is 502 g/mol. The summed E-state index contributed by atoms with van der Waals surface area (Å²) in [6, 6.07) is 3.69. The van der Waals surface area contributed by atoms with E-state index in [0.717, 1.165) is 48.8 Å². The lowest BCUT2D eigenvalue weighted by Crippen LogP contribution is -2.56. The van der Waals surface area contributed by atoms with Crippen molar-refractivity contribution >= 4 is 17.9 Å². The first-order chi connectivity index (χ1) is 16.9. The minimum absolute atomic E-state index is 0.0835. The Hall–Kier alpha value is -2.61. The van der Waals surface area contributed by atoms with Crippen molar-refractivity contribution in [1.29, 1.82) is 0 Å². The normalized spacial score (nSPS) is 21.8. The molecule has 3 rings (SSSR count). The van der Waals surface area contributed by atoms with Gasteiger partial charge in [-0.05, 0) is 76.5 Å². The summed E-state index contributed by atoms with van der Waals surface area (Å²) in [4.78, 5) is 42.0. The van der Waals surface area contributed by atoms with Crippen LogP contribution in [0.3, 0.4) is 0 Å². The first-order valence-electron chi connectivity index (χ1n) is 13.2. The van der Waals surface area contributed by atoms with E-state index < -0.39 is 36.3 Å². The molecule has 8 nitrogen and oxygen atoms in total. The van der Waals surface area contributed by atoms with Gasteiger partial charge in [-0.2, -0.15) is 0 Å². The van der Waals surface area contributed by atoms with Crippen molar-refractivity contribution in [3.05, 3.63) is 34.9 Å². The van der Waals surface area contributed by atoms with Crippen molar-refractivity contribution in [2.24, 2.45) is 5.92 Å². The molecule has 2 fully saturated rings. The zero-order valence-electron chi connectivity index (χ0n) is 22.6. The Balaban J connectivity index is 1.97. The fraction of sp³-hybridized carbons (Fsp3) is 0.679. The molecule has 36 heavy (non-hydrogen) atoms. The lowest BCUT2D eigenvalue weighted by molar-refractivity contribution is -0.144. The predicted molar refractivity (Wildman–Crippen MR) is 138 cm³/mol. The van der Waals surface area contributed by atoms with Crippen molar-refractivity contribution in [1.82, 2.24) is 15.5 Å². The van der Waals surface area contributed by atoms with E-state index in [2.05, 4.69) is 10.6 Å². The highest BCUT2D eigenvalue weighted by atomic mass is 16.6. The first-order valence-corrected chi connectivity index (χ1v) is 13.2. The summed E-state index contributed by atoms with van der Waals surface area (Å²) < 4.78 is 5.32. The van der Waals surface area contributed by atoms with Gasteiger partial charge in [-0.15, -0.1) is 0 Å². The zero-order valence-corrected chi connectivity index (χ0v) is 22.6. The minimum Gasteiger partial charge on any atom is -0.444 e. The van der Waals surface area contributed by atoms with Gasteiger partial charge in [0.2, 0.25) is 11.8 Å². The Morgan fingerprint density at radius 2 is 1.69 bits per heavy atom. The summed E-state index contributed by atoms with van der Waals surface area (Å²) in [6.07, 6.45) is 5.16. The van der Waals surface area contributed by atoms with Crippen LogP contribution in [0.5, 0.6) is 0 Å². The van der Waals surface area contributed by atoms with Crippen molar-refractivity contribution in [3.8, 4) is 0 Å². The van der Waals surface area contributed by atoms with Crippen LogP contribution in [0.4, 0.5) is 4.79 Å². The molecule has 4 atom stereocenters.